The Morgan fingerprint density at radius 1 is 1.11 bits per heavy atom. The van der Waals surface area contributed by atoms with E-state index < -0.39 is 5.97 Å². The first-order valence-electron chi connectivity index (χ1n) is 5.80. The topological polar surface area (TPSA) is 35.5 Å². The summed E-state index contributed by atoms with van der Waals surface area (Å²) in [5.74, 6) is 0.683. The van der Waals surface area contributed by atoms with Crippen LogP contribution in [-0.4, -0.2) is 12.6 Å². The van der Waals surface area contributed by atoms with E-state index in [1.165, 1.54) is 0 Å². The highest BCUT2D eigenvalue weighted by atomic mass is 35.5. The number of benzene rings is 2. The van der Waals surface area contributed by atoms with Crippen molar-refractivity contribution in [1.82, 2.24) is 0 Å². The molecule has 0 radical (unpaired) electrons. The van der Waals surface area contributed by atoms with Crippen LogP contribution >= 0.6 is 11.6 Å². The molecular weight excluding hydrogens is 264 g/mol. The van der Waals surface area contributed by atoms with Crippen LogP contribution in [0.3, 0.4) is 0 Å². The molecule has 0 aliphatic rings. The van der Waals surface area contributed by atoms with Crippen molar-refractivity contribution in [2.75, 3.05) is 6.61 Å². The highest BCUT2D eigenvalue weighted by Gasteiger charge is 2.07. The molecule has 2 aromatic rings. The van der Waals surface area contributed by atoms with Crippen molar-refractivity contribution in [3.05, 3.63) is 59.1 Å². The molecule has 98 valence electrons. The highest BCUT2D eigenvalue weighted by Crippen LogP contribution is 2.17. The van der Waals surface area contributed by atoms with Gasteiger partial charge in [0.1, 0.15) is 11.5 Å². The second-order valence-corrected chi connectivity index (χ2v) is 4.42. The first-order valence-corrected chi connectivity index (χ1v) is 6.17. The Morgan fingerprint density at radius 2 is 1.79 bits per heavy atom. The van der Waals surface area contributed by atoms with Gasteiger partial charge >= 0.3 is 5.97 Å². The Bertz CT molecular complexity index is 564. The predicted octanol–water partition coefficient (Wildman–Crippen LogP) is 3.63. The molecule has 0 bridgehead atoms. The molecule has 0 unspecified atom stereocenters. The molecular formula is C15H13ClO3. The first-order chi connectivity index (χ1) is 9.15. The summed E-state index contributed by atoms with van der Waals surface area (Å²) in [6, 6.07) is 14.1. The molecule has 2 aromatic carbocycles. The SMILES string of the molecule is Cc1ccccc1OC(=O)COc1ccc(Cl)cc1. The second kappa shape index (κ2) is 6.25. The van der Waals surface area contributed by atoms with E-state index in [1.807, 2.05) is 25.1 Å². The Kier molecular flexibility index (Phi) is 4.42. The van der Waals surface area contributed by atoms with E-state index in [-0.39, 0.29) is 6.61 Å². The van der Waals surface area contributed by atoms with Crippen molar-refractivity contribution in [1.29, 1.82) is 0 Å². The fourth-order valence-corrected chi connectivity index (χ4v) is 1.62. The van der Waals surface area contributed by atoms with E-state index in [0.29, 0.717) is 16.5 Å². The average molecular weight is 277 g/mol. The van der Waals surface area contributed by atoms with Gasteiger partial charge in [-0.25, -0.2) is 4.79 Å². The summed E-state index contributed by atoms with van der Waals surface area (Å²) >= 11 is 5.75. The molecule has 0 aliphatic heterocycles. The number of hydrogen-bond donors (Lipinski definition) is 0. The molecule has 0 saturated heterocycles. The summed E-state index contributed by atoms with van der Waals surface area (Å²) in [6.45, 7) is 1.73. The fourth-order valence-electron chi connectivity index (χ4n) is 1.50. The largest absolute Gasteiger partial charge is 0.482 e. The summed E-state index contributed by atoms with van der Waals surface area (Å²) in [7, 11) is 0. The summed E-state index contributed by atoms with van der Waals surface area (Å²) < 4.78 is 10.5. The minimum Gasteiger partial charge on any atom is -0.482 e. The highest BCUT2D eigenvalue weighted by molar-refractivity contribution is 6.30. The molecule has 3 nitrogen and oxygen atoms in total. The van der Waals surface area contributed by atoms with Crippen LogP contribution in [0.5, 0.6) is 11.5 Å². The van der Waals surface area contributed by atoms with Crippen molar-refractivity contribution in [2.24, 2.45) is 0 Å². The lowest BCUT2D eigenvalue weighted by atomic mass is 10.2. The van der Waals surface area contributed by atoms with Crippen LogP contribution in [0.2, 0.25) is 5.02 Å². The first kappa shape index (κ1) is 13.4. The van der Waals surface area contributed by atoms with Gasteiger partial charge in [-0.3, -0.25) is 0 Å². The number of carbonyl (C=O) groups excluding carboxylic acids is 1. The molecule has 0 saturated carbocycles. The van der Waals surface area contributed by atoms with E-state index in [2.05, 4.69) is 0 Å². The van der Waals surface area contributed by atoms with Crippen molar-refractivity contribution in [3.8, 4) is 11.5 Å². The normalized spacial score (nSPS) is 10.0. The Hall–Kier alpha value is -2.00. The quantitative estimate of drug-likeness (QED) is 0.632. The maximum atomic E-state index is 11.6. The zero-order valence-corrected chi connectivity index (χ0v) is 11.2. The molecule has 0 aromatic heterocycles. The summed E-state index contributed by atoms with van der Waals surface area (Å²) in [5.41, 5.74) is 0.905. The molecule has 0 N–H and O–H groups in total. The van der Waals surface area contributed by atoms with Crippen molar-refractivity contribution in [2.45, 2.75) is 6.92 Å². The van der Waals surface area contributed by atoms with Gasteiger partial charge in [-0.1, -0.05) is 29.8 Å². The summed E-state index contributed by atoms with van der Waals surface area (Å²) in [5, 5.41) is 0.620. The zero-order chi connectivity index (χ0) is 13.7. The summed E-state index contributed by atoms with van der Waals surface area (Å²) in [6.07, 6.45) is 0. The van der Waals surface area contributed by atoms with Gasteiger partial charge in [0.15, 0.2) is 6.61 Å². The lowest BCUT2D eigenvalue weighted by Gasteiger charge is -2.08. The molecule has 2 rings (SSSR count). The van der Waals surface area contributed by atoms with Crippen molar-refractivity contribution < 1.29 is 14.3 Å². The summed E-state index contributed by atoms with van der Waals surface area (Å²) in [4.78, 5) is 11.6. The van der Waals surface area contributed by atoms with Crippen LogP contribution in [0.1, 0.15) is 5.56 Å². The number of aryl methyl sites for hydroxylation is 1. The number of esters is 1. The van der Waals surface area contributed by atoms with Crippen molar-refractivity contribution >= 4 is 17.6 Å². The van der Waals surface area contributed by atoms with Gasteiger partial charge in [0.2, 0.25) is 0 Å². The van der Waals surface area contributed by atoms with E-state index in [4.69, 9.17) is 21.1 Å². The minimum atomic E-state index is -0.441. The number of carbonyl (C=O) groups is 1. The van der Waals surface area contributed by atoms with E-state index in [9.17, 15) is 4.79 Å². The molecule has 0 aliphatic carbocycles. The van der Waals surface area contributed by atoms with Crippen LogP contribution < -0.4 is 9.47 Å². The van der Waals surface area contributed by atoms with Gasteiger partial charge in [0.05, 0.1) is 0 Å². The number of para-hydroxylation sites is 1. The molecule has 0 amide bonds. The molecule has 19 heavy (non-hydrogen) atoms. The van der Waals surface area contributed by atoms with Crippen LogP contribution in [0.15, 0.2) is 48.5 Å². The number of ether oxygens (including phenoxy) is 2. The third-order valence-corrected chi connectivity index (χ3v) is 2.74. The molecule has 0 heterocycles. The van der Waals surface area contributed by atoms with E-state index >= 15 is 0 Å². The van der Waals surface area contributed by atoms with Crippen LogP contribution in [0.4, 0.5) is 0 Å². The maximum Gasteiger partial charge on any atom is 0.349 e. The maximum absolute atomic E-state index is 11.6. The smallest absolute Gasteiger partial charge is 0.349 e. The second-order valence-electron chi connectivity index (χ2n) is 3.98. The molecule has 0 atom stereocenters. The molecule has 0 fully saturated rings. The standard InChI is InChI=1S/C15H13ClO3/c1-11-4-2-3-5-14(11)19-15(17)10-18-13-8-6-12(16)7-9-13/h2-9H,10H2,1H3. The van der Waals surface area contributed by atoms with Gasteiger partial charge in [0, 0.05) is 5.02 Å². The monoisotopic (exact) mass is 276 g/mol. The molecule has 0 spiro atoms. The molecule has 4 heteroatoms. The predicted molar refractivity (Wildman–Crippen MR) is 73.8 cm³/mol. The van der Waals surface area contributed by atoms with Crippen LogP contribution in [-0.2, 0) is 4.79 Å². The van der Waals surface area contributed by atoms with Gasteiger partial charge < -0.3 is 9.47 Å². The van der Waals surface area contributed by atoms with Gasteiger partial charge in [-0.2, -0.15) is 0 Å². The minimum absolute atomic E-state index is 0.143. The Labute approximate surface area is 116 Å². The van der Waals surface area contributed by atoms with Crippen molar-refractivity contribution in [3.63, 3.8) is 0 Å². The third kappa shape index (κ3) is 4.00. The number of halogens is 1. The Morgan fingerprint density at radius 3 is 2.47 bits per heavy atom. The van der Waals surface area contributed by atoms with Gasteiger partial charge in [-0.05, 0) is 42.8 Å². The third-order valence-electron chi connectivity index (χ3n) is 2.49. The van der Waals surface area contributed by atoms with E-state index in [0.717, 1.165) is 5.56 Å². The van der Waals surface area contributed by atoms with Gasteiger partial charge in [-0.15, -0.1) is 0 Å². The average Bonchev–Trinajstić information content (AvgIpc) is 2.41. The lowest BCUT2D eigenvalue weighted by Crippen LogP contribution is -2.18. The zero-order valence-electron chi connectivity index (χ0n) is 10.4. The lowest BCUT2D eigenvalue weighted by molar-refractivity contribution is -0.136. The fraction of sp³-hybridized carbons (Fsp3) is 0.133. The van der Waals surface area contributed by atoms with Crippen LogP contribution in [0.25, 0.3) is 0 Å². The van der Waals surface area contributed by atoms with Gasteiger partial charge in [0.25, 0.3) is 0 Å². The number of hydrogen-bond acceptors (Lipinski definition) is 3. The number of rotatable bonds is 4. The Balaban J connectivity index is 1.88. The van der Waals surface area contributed by atoms with Crippen LogP contribution in [0, 0.1) is 6.92 Å². The van der Waals surface area contributed by atoms with E-state index in [1.54, 1.807) is 30.3 Å².